The van der Waals surface area contributed by atoms with Crippen molar-refractivity contribution in [3.63, 3.8) is 0 Å². The summed E-state index contributed by atoms with van der Waals surface area (Å²) in [6.45, 7) is 1.88. The topological polar surface area (TPSA) is 101 Å². The number of amides is 2. The summed E-state index contributed by atoms with van der Waals surface area (Å²) in [4.78, 5) is 38.3. The number of nitrogens with one attached hydrogen (secondary N) is 1. The summed E-state index contributed by atoms with van der Waals surface area (Å²) < 4.78 is 10.5. The molecule has 1 N–H and O–H groups in total. The molecule has 1 aliphatic rings. The Morgan fingerprint density at radius 1 is 1.09 bits per heavy atom. The number of ether oxygens (including phenoxy) is 2. The predicted octanol–water partition coefficient (Wildman–Crippen LogP) is 2.29. The minimum absolute atomic E-state index is 0.0687. The summed E-state index contributed by atoms with van der Waals surface area (Å²) in [5.41, 5.74) is 1.45. The summed E-state index contributed by atoms with van der Waals surface area (Å²) in [6, 6.07) is 15.2. The van der Waals surface area contributed by atoms with Crippen LogP contribution in [-0.2, 0) is 19.1 Å². The van der Waals surface area contributed by atoms with Crippen LogP contribution in [0.4, 0.5) is 11.4 Å². The number of anilines is 2. The average Bonchev–Trinajstić information content (AvgIpc) is 3.25. The van der Waals surface area contributed by atoms with Crippen LogP contribution in [0.25, 0.3) is 0 Å². The summed E-state index contributed by atoms with van der Waals surface area (Å²) in [5.74, 6) is -0.481. The Morgan fingerprint density at radius 2 is 1.78 bits per heavy atom. The van der Waals surface area contributed by atoms with E-state index in [1.807, 2.05) is 30.3 Å². The van der Waals surface area contributed by atoms with Gasteiger partial charge in [0.05, 0.1) is 12.3 Å². The monoisotopic (exact) mass is 438 g/mol. The first-order valence-electron chi connectivity index (χ1n) is 10.2. The third kappa shape index (κ3) is 5.63. The molecule has 0 spiro atoms. The summed E-state index contributed by atoms with van der Waals surface area (Å²) in [7, 11) is 3.31. The largest absolute Gasteiger partial charge is 0.484 e. The number of likely N-dealkylation sites (N-methyl/N-ethyl adjacent to an activating group) is 1. The molecule has 0 radical (unpaired) electrons. The first-order valence-corrected chi connectivity index (χ1v) is 10.2. The van der Waals surface area contributed by atoms with Crippen LogP contribution in [0.15, 0.2) is 59.7 Å². The van der Waals surface area contributed by atoms with Crippen molar-refractivity contribution in [2.24, 2.45) is 5.10 Å². The van der Waals surface area contributed by atoms with E-state index in [9.17, 15) is 14.4 Å². The third-order valence-corrected chi connectivity index (χ3v) is 4.73. The zero-order valence-electron chi connectivity index (χ0n) is 18.3. The van der Waals surface area contributed by atoms with E-state index < -0.39 is 12.0 Å². The molecule has 0 saturated heterocycles. The zero-order chi connectivity index (χ0) is 23.1. The molecule has 3 rings (SSSR count). The number of para-hydroxylation sites is 1. The van der Waals surface area contributed by atoms with Crippen LogP contribution in [0.2, 0.25) is 0 Å². The second-order valence-corrected chi connectivity index (χ2v) is 7.26. The number of hydrogen-bond donors (Lipinski definition) is 1. The van der Waals surface area contributed by atoms with Gasteiger partial charge >= 0.3 is 5.97 Å². The lowest BCUT2D eigenvalue weighted by Crippen LogP contribution is -2.38. The van der Waals surface area contributed by atoms with Gasteiger partial charge in [0.25, 0.3) is 5.91 Å². The smallest absolute Gasteiger partial charge is 0.354 e. The maximum absolute atomic E-state index is 13.0. The van der Waals surface area contributed by atoms with Crippen LogP contribution >= 0.6 is 0 Å². The number of nitrogens with zero attached hydrogens (tertiary/aromatic N) is 3. The van der Waals surface area contributed by atoms with E-state index in [1.165, 1.54) is 9.91 Å². The zero-order valence-corrected chi connectivity index (χ0v) is 18.3. The number of benzene rings is 2. The van der Waals surface area contributed by atoms with Crippen LogP contribution < -0.4 is 15.1 Å². The lowest BCUT2D eigenvalue weighted by Gasteiger charge is -2.22. The molecule has 1 aliphatic heterocycles. The highest BCUT2D eigenvalue weighted by molar-refractivity contribution is 6.38. The molecule has 0 fully saturated rings. The molecule has 9 heteroatoms. The minimum atomic E-state index is -0.703. The van der Waals surface area contributed by atoms with Gasteiger partial charge in [0.15, 0.2) is 6.61 Å². The molecule has 1 heterocycles. The lowest BCUT2D eigenvalue weighted by molar-refractivity contribution is -0.135. The summed E-state index contributed by atoms with van der Waals surface area (Å²) in [5, 5.41) is 8.73. The molecular weight excluding hydrogens is 412 g/mol. The van der Waals surface area contributed by atoms with Crippen molar-refractivity contribution >= 4 is 34.9 Å². The molecule has 2 aromatic rings. The lowest BCUT2D eigenvalue weighted by atomic mass is 10.1. The third-order valence-electron chi connectivity index (χ3n) is 4.73. The van der Waals surface area contributed by atoms with E-state index in [1.54, 1.807) is 45.3 Å². The van der Waals surface area contributed by atoms with Crippen molar-refractivity contribution in [2.75, 3.05) is 37.6 Å². The SMILES string of the molecule is CCOC(=O)C1=NN(c2ccccc2)C(C(=O)Nc2ccc(OCC(=O)N(C)C)cc2)C1. The van der Waals surface area contributed by atoms with Gasteiger partial charge in [0, 0.05) is 26.2 Å². The maximum Gasteiger partial charge on any atom is 0.354 e. The molecule has 0 saturated carbocycles. The van der Waals surface area contributed by atoms with Gasteiger partial charge in [-0.1, -0.05) is 18.2 Å². The highest BCUT2D eigenvalue weighted by atomic mass is 16.5. The molecule has 32 heavy (non-hydrogen) atoms. The molecule has 2 amide bonds. The Morgan fingerprint density at radius 3 is 2.41 bits per heavy atom. The van der Waals surface area contributed by atoms with E-state index in [0.29, 0.717) is 17.1 Å². The number of rotatable bonds is 8. The second kappa shape index (κ2) is 10.4. The Balaban J connectivity index is 1.69. The number of carbonyl (C=O) groups excluding carboxylic acids is 3. The molecule has 1 atom stereocenters. The Bertz CT molecular complexity index is 989. The Hall–Kier alpha value is -3.88. The van der Waals surface area contributed by atoms with E-state index in [0.717, 1.165) is 0 Å². The molecule has 0 bridgehead atoms. The standard InChI is InChI=1S/C23H26N4O5/c1-4-31-23(30)19-14-20(27(25-19)17-8-6-5-7-9-17)22(29)24-16-10-12-18(13-11-16)32-15-21(28)26(2)3/h5-13,20H,4,14-15H2,1-3H3,(H,24,29). The van der Waals surface area contributed by atoms with Gasteiger partial charge in [-0.05, 0) is 43.3 Å². The van der Waals surface area contributed by atoms with E-state index in [-0.39, 0.29) is 37.2 Å². The Labute approximate surface area is 186 Å². The predicted molar refractivity (Wildman–Crippen MR) is 121 cm³/mol. The van der Waals surface area contributed by atoms with Crippen LogP contribution in [-0.4, -0.2) is 61.7 Å². The molecule has 0 aliphatic carbocycles. The molecule has 0 aromatic heterocycles. The van der Waals surface area contributed by atoms with Crippen LogP contribution in [0.5, 0.6) is 5.75 Å². The summed E-state index contributed by atoms with van der Waals surface area (Å²) >= 11 is 0. The minimum Gasteiger partial charge on any atom is -0.484 e. The van der Waals surface area contributed by atoms with Crippen LogP contribution in [0.1, 0.15) is 13.3 Å². The van der Waals surface area contributed by atoms with Gasteiger partial charge in [-0.3, -0.25) is 14.6 Å². The fourth-order valence-electron chi connectivity index (χ4n) is 3.01. The van der Waals surface area contributed by atoms with Crippen LogP contribution in [0, 0.1) is 0 Å². The van der Waals surface area contributed by atoms with E-state index in [4.69, 9.17) is 9.47 Å². The summed E-state index contributed by atoms with van der Waals surface area (Å²) in [6.07, 6.45) is 0.132. The average molecular weight is 438 g/mol. The van der Waals surface area contributed by atoms with Gasteiger partial charge in [-0.2, -0.15) is 5.10 Å². The molecule has 9 nitrogen and oxygen atoms in total. The van der Waals surface area contributed by atoms with Gasteiger partial charge in [0.1, 0.15) is 17.5 Å². The van der Waals surface area contributed by atoms with E-state index >= 15 is 0 Å². The van der Waals surface area contributed by atoms with Gasteiger partial charge in [0.2, 0.25) is 5.91 Å². The quantitative estimate of drug-likeness (QED) is 0.635. The van der Waals surface area contributed by atoms with Crippen molar-refractivity contribution in [2.45, 2.75) is 19.4 Å². The van der Waals surface area contributed by atoms with Gasteiger partial charge in [-0.15, -0.1) is 0 Å². The van der Waals surface area contributed by atoms with Crippen molar-refractivity contribution < 1.29 is 23.9 Å². The van der Waals surface area contributed by atoms with E-state index in [2.05, 4.69) is 10.4 Å². The number of carbonyl (C=O) groups is 3. The number of hydrogen-bond acceptors (Lipinski definition) is 7. The number of esters is 1. The highest BCUT2D eigenvalue weighted by Crippen LogP contribution is 2.26. The highest BCUT2D eigenvalue weighted by Gasteiger charge is 2.36. The normalized spacial score (nSPS) is 15.0. The van der Waals surface area contributed by atoms with Crippen molar-refractivity contribution in [3.8, 4) is 5.75 Å². The maximum atomic E-state index is 13.0. The second-order valence-electron chi connectivity index (χ2n) is 7.26. The van der Waals surface area contributed by atoms with Crippen molar-refractivity contribution in [1.82, 2.24) is 4.90 Å². The molecular formula is C23H26N4O5. The van der Waals surface area contributed by atoms with Crippen molar-refractivity contribution in [3.05, 3.63) is 54.6 Å². The van der Waals surface area contributed by atoms with Crippen LogP contribution in [0.3, 0.4) is 0 Å². The van der Waals surface area contributed by atoms with Crippen molar-refractivity contribution in [1.29, 1.82) is 0 Å². The first-order chi connectivity index (χ1) is 15.4. The Kier molecular flexibility index (Phi) is 7.43. The molecule has 1 unspecified atom stereocenters. The molecule has 2 aromatic carbocycles. The molecule has 168 valence electrons. The van der Waals surface area contributed by atoms with Gasteiger partial charge in [-0.25, -0.2) is 4.79 Å². The first kappa shape index (κ1) is 22.8. The number of hydrazone groups is 1. The van der Waals surface area contributed by atoms with Gasteiger partial charge < -0.3 is 19.7 Å². The fraction of sp³-hybridized carbons (Fsp3) is 0.304. The fourth-order valence-corrected chi connectivity index (χ4v) is 3.01.